The van der Waals surface area contributed by atoms with E-state index in [9.17, 15) is 8.42 Å². The fourth-order valence-electron chi connectivity index (χ4n) is 3.57. The normalized spacial score (nSPS) is 16.7. The molecular formula is C21H32N4O2S. The van der Waals surface area contributed by atoms with Crippen molar-refractivity contribution in [3.8, 4) is 0 Å². The van der Waals surface area contributed by atoms with E-state index in [1.165, 1.54) is 5.56 Å². The molecule has 154 valence electrons. The van der Waals surface area contributed by atoms with Gasteiger partial charge in [0, 0.05) is 39.3 Å². The second-order valence-electron chi connectivity index (χ2n) is 7.72. The first-order valence-electron chi connectivity index (χ1n) is 10.2. The van der Waals surface area contributed by atoms with Gasteiger partial charge in [-0.1, -0.05) is 37.3 Å². The summed E-state index contributed by atoms with van der Waals surface area (Å²) in [7, 11) is -3.42. The minimum Gasteiger partial charge on any atom is -0.317 e. The van der Waals surface area contributed by atoms with Gasteiger partial charge in [0.2, 0.25) is 15.0 Å². The minimum atomic E-state index is -3.42. The highest BCUT2D eigenvalue weighted by Crippen LogP contribution is 2.20. The van der Waals surface area contributed by atoms with E-state index < -0.39 is 15.1 Å². The monoisotopic (exact) mass is 404 g/mol. The zero-order valence-corrected chi connectivity index (χ0v) is 18.0. The number of likely N-dealkylation sites (N-methyl/N-ethyl adjacent to an activating group) is 1. The van der Waals surface area contributed by atoms with Crippen LogP contribution in [0.15, 0.2) is 41.7 Å². The van der Waals surface area contributed by atoms with Crippen LogP contribution in [0.3, 0.4) is 0 Å². The summed E-state index contributed by atoms with van der Waals surface area (Å²) >= 11 is 0. The standard InChI is InChI=1S/C21H32N4O2S/c1-4-23-12-14-24(15-13-23)17-20-16-22-21(28(26,27)18(2)3)25(20)11-10-19-8-6-5-7-9-19/h5-9,16,18H,4,10-15,17H2,1-3H3. The number of hydrogen-bond donors (Lipinski definition) is 0. The summed E-state index contributed by atoms with van der Waals surface area (Å²) in [6.45, 7) is 12.2. The van der Waals surface area contributed by atoms with Crippen LogP contribution in [-0.2, 0) is 29.3 Å². The molecule has 0 radical (unpaired) electrons. The molecule has 1 saturated heterocycles. The molecule has 0 amide bonds. The van der Waals surface area contributed by atoms with E-state index in [0.29, 0.717) is 6.54 Å². The Morgan fingerprint density at radius 1 is 1.04 bits per heavy atom. The molecule has 1 aromatic heterocycles. The fourth-order valence-corrected chi connectivity index (χ4v) is 4.71. The lowest BCUT2D eigenvalue weighted by Gasteiger charge is -2.34. The van der Waals surface area contributed by atoms with Crippen LogP contribution >= 0.6 is 0 Å². The average Bonchev–Trinajstić information content (AvgIpc) is 3.11. The van der Waals surface area contributed by atoms with Crippen LogP contribution in [0.25, 0.3) is 0 Å². The highest BCUT2D eigenvalue weighted by Gasteiger charge is 2.27. The van der Waals surface area contributed by atoms with Gasteiger partial charge in [-0.05, 0) is 32.4 Å². The highest BCUT2D eigenvalue weighted by molar-refractivity contribution is 7.91. The Kier molecular flexibility index (Phi) is 6.91. The third-order valence-corrected chi connectivity index (χ3v) is 7.62. The second kappa shape index (κ2) is 9.20. The number of aromatic nitrogens is 2. The molecule has 2 aromatic rings. The lowest BCUT2D eigenvalue weighted by molar-refractivity contribution is 0.129. The smallest absolute Gasteiger partial charge is 0.228 e. The number of sulfone groups is 1. The molecule has 0 spiro atoms. The molecule has 28 heavy (non-hydrogen) atoms. The Hall–Kier alpha value is -1.70. The molecular weight excluding hydrogens is 372 g/mol. The topological polar surface area (TPSA) is 58.4 Å². The molecule has 0 unspecified atom stereocenters. The Morgan fingerprint density at radius 3 is 2.29 bits per heavy atom. The number of imidazole rings is 1. The van der Waals surface area contributed by atoms with Gasteiger partial charge in [0.05, 0.1) is 17.1 Å². The maximum Gasteiger partial charge on any atom is 0.228 e. The lowest BCUT2D eigenvalue weighted by atomic mass is 10.1. The second-order valence-corrected chi connectivity index (χ2v) is 10.1. The number of nitrogens with zero attached hydrogens (tertiary/aromatic N) is 4. The van der Waals surface area contributed by atoms with Crippen LogP contribution in [0.2, 0.25) is 0 Å². The van der Waals surface area contributed by atoms with Crippen molar-refractivity contribution in [2.75, 3.05) is 32.7 Å². The van der Waals surface area contributed by atoms with Crippen LogP contribution in [0.4, 0.5) is 0 Å². The van der Waals surface area contributed by atoms with Crippen LogP contribution < -0.4 is 0 Å². The van der Waals surface area contributed by atoms with Gasteiger partial charge in [-0.15, -0.1) is 0 Å². The Labute approximate surface area is 169 Å². The van der Waals surface area contributed by atoms with Crippen molar-refractivity contribution in [3.63, 3.8) is 0 Å². The zero-order chi connectivity index (χ0) is 20.1. The molecule has 1 aliphatic heterocycles. The summed E-state index contributed by atoms with van der Waals surface area (Å²) in [5.41, 5.74) is 2.19. The summed E-state index contributed by atoms with van der Waals surface area (Å²) < 4.78 is 27.6. The van der Waals surface area contributed by atoms with Crippen LogP contribution in [0.5, 0.6) is 0 Å². The van der Waals surface area contributed by atoms with Gasteiger partial charge >= 0.3 is 0 Å². The molecule has 1 fully saturated rings. The number of benzene rings is 1. The van der Waals surface area contributed by atoms with Gasteiger partial charge < -0.3 is 9.47 Å². The Morgan fingerprint density at radius 2 is 1.68 bits per heavy atom. The molecule has 1 aliphatic rings. The van der Waals surface area contributed by atoms with E-state index in [1.807, 2.05) is 22.8 Å². The third-order valence-electron chi connectivity index (χ3n) is 5.54. The number of rotatable bonds is 8. The first kappa shape index (κ1) is 21.0. The van der Waals surface area contributed by atoms with Crippen molar-refractivity contribution < 1.29 is 8.42 Å². The molecule has 0 aliphatic carbocycles. The Bertz CT molecular complexity index is 854. The molecule has 6 nitrogen and oxygen atoms in total. The van der Waals surface area contributed by atoms with Crippen molar-refractivity contribution in [3.05, 3.63) is 47.8 Å². The average molecular weight is 405 g/mol. The third kappa shape index (κ3) is 4.82. The zero-order valence-electron chi connectivity index (χ0n) is 17.2. The first-order chi connectivity index (χ1) is 13.4. The predicted octanol–water partition coefficient (Wildman–Crippen LogP) is 2.45. The van der Waals surface area contributed by atoms with E-state index in [4.69, 9.17) is 0 Å². The molecule has 0 bridgehead atoms. The van der Waals surface area contributed by atoms with Crippen molar-refractivity contribution in [2.45, 2.75) is 50.7 Å². The largest absolute Gasteiger partial charge is 0.317 e. The van der Waals surface area contributed by atoms with Crippen molar-refractivity contribution in [1.82, 2.24) is 19.4 Å². The first-order valence-corrected chi connectivity index (χ1v) is 11.7. The fraction of sp³-hybridized carbons (Fsp3) is 0.571. The van der Waals surface area contributed by atoms with Gasteiger partial charge in [0.1, 0.15) is 0 Å². The van der Waals surface area contributed by atoms with Gasteiger partial charge in [-0.25, -0.2) is 13.4 Å². The van der Waals surface area contributed by atoms with Crippen molar-refractivity contribution in [1.29, 1.82) is 0 Å². The van der Waals surface area contributed by atoms with Crippen LogP contribution in [0.1, 0.15) is 32.0 Å². The molecule has 0 atom stereocenters. The van der Waals surface area contributed by atoms with Crippen LogP contribution in [-0.4, -0.2) is 65.7 Å². The minimum absolute atomic E-state index is 0.209. The van der Waals surface area contributed by atoms with E-state index in [2.05, 4.69) is 33.8 Å². The van der Waals surface area contributed by atoms with Gasteiger partial charge in [-0.3, -0.25) is 4.90 Å². The van der Waals surface area contributed by atoms with E-state index in [1.54, 1.807) is 20.0 Å². The summed E-state index contributed by atoms with van der Waals surface area (Å²) in [6.07, 6.45) is 2.54. The summed E-state index contributed by atoms with van der Waals surface area (Å²) in [5.74, 6) is 0. The maximum atomic E-state index is 12.8. The van der Waals surface area contributed by atoms with Gasteiger partial charge in [-0.2, -0.15) is 0 Å². The van der Waals surface area contributed by atoms with Gasteiger partial charge in [0.25, 0.3) is 0 Å². The van der Waals surface area contributed by atoms with E-state index in [-0.39, 0.29) is 5.16 Å². The summed E-state index contributed by atoms with van der Waals surface area (Å²) in [5, 5.41) is -0.271. The number of hydrogen-bond acceptors (Lipinski definition) is 5. The molecule has 3 rings (SSSR count). The van der Waals surface area contributed by atoms with Gasteiger partial charge in [0.15, 0.2) is 0 Å². The van der Waals surface area contributed by atoms with Crippen LogP contribution in [0, 0.1) is 0 Å². The van der Waals surface area contributed by atoms with Crippen molar-refractivity contribution >= 4 is 9.84 Å². The lowest BCUT2D eigenvalue weighted by Crippen LogP contribution is -2.45. The molecule has 1 aromatic carbocycles. The van der Waals surface area contributed by atoms with Crippen molar-refractivity contribution in [2.24, 2.45) is 0 Å². The number of aryl methyl sites for hydroxylation is 1. The molecule has 0 N–H and O–H groups in total. The summed E-state index contributed by atoms with van der Waals surface area (Å²) in [6, 6.07) is 10.2. The quantitative estimate of drug-likeness (QED) is 0.676. The Balaban J connectivity index is 1.82. The highest BCUT2D eigenvalue weighted by atomic mass is 32.2. The SMILES string of the molecule is CCN1CCN(Cc2cnc(S(=O)(=O)C(C)C)n2CCc2ccccc2)CC1. The molecule has 0 saturated carbocycles. The van der Waals surface area contributed by atoms with E-state index >= 15 is 0 Å². The summed E-state index contributed by atoms with van der Waals surface area (Å²) in [4.78, 5) is 9.19. The molecule has 7 heteroatoms. The maximum absolute atomic E-state index is 12.8. The van der Waals surface area contributed by atoms with E-state index in [0.717, 1.165) is 51.4 Å². The predicted molar refractivity (Wildman–Crippen MR) is 112 cm³/mol. The molecule has 2 heterocycles. The number of piperazine rings is 1.